The Morgan fingerprint density at radius 3 is 2.36 bits per heavy atom. The SMILES string of the molecule is COC(=O)c1ccccc1NC(=O)c1cc(Nc2cc(C)cc(C)c2)ccn1. The van der Waals surface area contributed by atoms with Gasteiger partial charge in [0.05, 0.1) is 18.4 Å². The molecular formula is C22H21N3O3. The molecule has 0 atom stereocenters. The highest BCUT2D eigenvalue weighted by Crippen LogP contribution is 2.21. The molecule has 0 unspecified atom stereocenters. The number of nitrogens with zero attached hydrogens (tertiary/aromatic N) is 1. The van der Waals surface area contributed by atoms with Gasteiger partial charge < -0.3 is 15.4 Å². The van der Waals surface area contributed by atoms with Crippen LogP contribution in [0.3, 0.4) is 0 Å². The number of hydrogen-bond acceptors (Lipinski definition) is 5. The number of benzene rings is 2. The van der Waals surface area contributed by atoms with Gasteiger partial charge in [-0.3, -0.25) is 9.78 Å². The predicted molar refractivity (Wildman–Crippen MR) is 109 cm³/mol. The summed E-state index contributed by atoms with van der Waals surface area (Å²) in [5.41, 5.74) is 4.85. The van der Waals surface area contributed by atoms with E-state index < -0.39 is 11.9 Å². The number of nitrogens with one attached hydrogen (secondary N) is 2. The van der Waals surface area contributed by atoms with Gasteiger partial charge in [0.15, 0.2) is 0 Å². The van der Waals surface area contributed by atoms with Crippen molar-refractivity contribution in [3.8, 4) is 0 Å². The molecule has 0 spiro atoms. The third-order valence-corrected chi connectivity index (χ3v) is 4.08. The summed E-state index contributed by atoms with van der Waals surface area (Å²) >= 11 is 0. The lowest BCUT2D eigenvalue weighted by Crippen LogP contribution is -2.16. The van der Waals surface area contributed by atoms with Gasteiger partial charge in [0.25, 0.3) is 5.91 Å². The normalized spacial score (nSPS) is 10.2. The first-order valence-corrected chi connectivity index (χ1v) is 8.76. The fourth-order valence-electron chi connectivity index (χ4n) is 2.91. The highest BCUT2D eigenvalue weighted by molar-refractivity contribution is 6.07. The summed E-state index contributed by atoms with van der Waals surface area (Å²) in [5, 5.41) is 6.01. The molecule has 0 fully saturated rings. The number of aryl methyl sites for hydroxylation is 2. The molecule has 0 aliphatic heterocycles. The molecule has 0 aliphatic rings. The number of pyridine rings is 1. The van der Waals surface area contributed by atoms with Crippen molar-refractivity contribution in [2.24, 2.45) is 0 Å². The second-order valence-corrected chi connectivity index (χ2v) is 6.42. The second kappa shape index (κ2) is 8.35. The van der Waals surface area contributed by atoms with E-state index in [1.807, 2.05) is 26.0 Å². The van der Waals surface area contributed by atoms with Crippen molar-refractivity contribution in [3.63, 3.8) is 0 Å². The molecule has 2 aromatic carbocycles. The first-order valence-electron chi connectivity index (χ1n) is 8.76. The Hall–Kier alpha value is -3.67. The molecular weight excluding hydrogens is 354 g/mol. The Bertz CT molecular complexity index is 1010. The molecule has 1 amide bonds. The Balaban J connectivity index is 1.80. The number of carbonyl (C=O) groups excluding carboxylic acids is 2. The van der Waals surface area contributed by atoms with Crippen LogP contribution >= 0.6 is 0 Å². The van der Waals surface area contributed by atoms with Gasteiger partial charge in [-0.05, 0) is 61.4 Å². The zero-order chi connectivity index (χ0) is 20.1. The molecule has 1 aromatic heterocycles. The largest absolute Gasteiger partial charge is 0.465 e. The summed E-state index contributed by atoms with van der Waals surface area (Å²) in [6.45, 7) is 4.06. The second-order valence-electron chi connectivity index (χ2n) is 6.42. The van der Waals surface area contributed by atoms with Gasteiger partial charge in [-0.15, -0.1) is 0 Å². The highest BCUT2D eigenvalue weighted by atomic mass is 16.5. The van der Waals surface area contributed by atoms with Crippen molar-refractivity contribution in [1.29, 1.82) is 0 Å². The van der Waals surface area contributed by atoms with Gasteiger partial charge in [0.1, 0.15) is 5.69 Å². The van der Waals surface area contributed by atoms with E-state index in [-0.39, 0.29) is 11.3 Å². The van der Waals surface area contributed by atoms with Crippen LogP contribution < -0.4 is 10.6 Å². The van der Waals surface area contributed by atoms with Gasteiger partial charge in [-0.1, -0.05) is 18.2 Å². The molecule has 28 heavy (non-hydrogen) atoms. The van der Waals surface area contributed by atoms with Crippen LogP contribution in [-0.2, 0) is 4.74 Å². The highest BCUT2D eigenvalue weighted by Gasteiger charge is 2.15. The van der Waals surface area contributed by atoms with E-state index in [1.54, 1.807) is 42.6 Å². The Labute approximate surface area is 163 Å². The summed E-state index contributed by atoms with van der Waals surface area (Å²) in [5.74, 6) is -0.936. The predicted octanol–water partition coefficient (Wildman–Crippen LogP) is 4.48. The third-order valence-electron chi connectivity index (χ3n) is 4.08. The van der Waals surface area contributed by atoms with E-state index in [4.69, 9.17) is 4.74 Å². The average molecular weight is 375 g/mol. The van der Waals surface area contributed by atoms with Crippen molar-refractivity contribution >= 4 is 28.9 Å². The number of rotatable bonds is 5. The van der Waals surface area contributed by atoms with Gasteiger partial charge in [0, 0.05) is 17.6 Å². The van der Waals surface area contributed by atoms with Crippen LogP contribution in [0.5, 0.6) is 0 Å². The van der Waals surface area contributed by atoms with Crippen LogP contribution in [0, 0.1) is 13.8 Å². The quantitative estimate of drug-likeness (QED) is 0.643. The lowest BCUT2D eigenvalue weighted by atomic mass is 10.1. The van der Waals surface area contributed by atoms with Crippen LogP contribution in [0.15, 0.2) is 60.8 Å². The minimum Gasteiger partial charge on any atom is -0.465 e. The Kier molecular flexibility index (Phi) is 5.69. The number of amides is 1. The molecule has 1 heterocycles. The lowest BCUT2D eigenvalue weighted by molar-refractivity contribution is 0.0602. The van der Waals surface area contributed by atoms with E-state index >= 15 is 0 Å². The number of carbonyl (C=O) groups is 2. The lowest BCUT2D eigenvalue weighted by Gasteiger charge is -2.11. The summed E-state index contributed by atoms with van der Waals surface area (Å²) in [4.78, 5) is 28.6. The molecule has 0 saturated heterocycles. The molecule has 142 valence electrons. The maximum absolute atomic E-state index is 12.6. The van der Waals surface area contributed by atoms with Crippen LogP contribution in [0.1, 0.15) is 32.0 Å². The van der Waals surface area contributed by atoms with Crippen molar-refractivity contribution in [3.05, 3.63) is 83.2 Å². The topological polar surface area (TPSA) is 80.3 Å². The number of anilines is 3. The van der Waals surface area contributed by atoms with Gasteiger partial charge >= 0.3 is 5.97 Å². The monoisotopic (exact) mass is 375 g/mol. The van der Waals surface area contributed by atoms with Crippen molar-refractivity contribution in [1.82, 2.24) is 4.98 Å². The standard InChI is InChI=1S/C22H21N3O3/c1-14-10-15(2)12-17(11-14)24-16-8-9-23-20(13-16)21(26)25-19-7-5-4-6-18(19)22(27)28-3/h4-13H,1-3H3,(H,23,24)(H,25,26). The average Bonchev–Trinajstić information content (AvgIpc) is 2.67. The Morgan fingerprint density at radius 2 is 1.64 bits per heavy atom. The van der Waals surface area contributed by atoms with Crippen molar-refractivity contribution < 1.29 is 14.3 Å². The van der Waals surface area contributed by atoms with E-state index in [0.29, 0.717) is 5.69 Å². The minimum atomic E-state index is -0.519. The maximum Gasteiger partial charge on any atom is 0.339 e. The molecule has 3 aromatic rings. The number of methoxy groups -OCH3 is 1. The summed E-state index contributed by atoms with van der Waals surface area (Å²) in [6, 6.07) is 16.3. The zero-order valence-electron chi connectivity index (χ0n) is 15.9. The molecule has 6 heteroatoms. The van der Waals surface area contributed by atoms with Gasteiger partial charge in [-0.2, -0.15) is 0 Å². The third kappa shape index (κ3) is 4.54. The number of ether oxygens (including phenoxy) is 1. The summed E-state index contributed by atoms with van der Waals surface area (Å²) in [7, 11) is 1.30. The smallest absolute Gasteiger partial charge is 0.339 e. The van der Waals surface area contributed by atoms with Crippen LogP contribution in [0.25, 0.3) is 0 Å². The number of hydrogen-bond donors (Lipinski definition) is 2. The fraction of sp³-hybridized carbons (Fsp3) is 0.136. The van der Waals surface area contributed by atoms with Crippen LogP contribution in [-0.4, -0.2) is 24.0 Å². The van der Waals surface area contributed by atoms with E-state index in [0.717, 1.165) is 22.5 Å². The molecule has 3 rings (SSSR count). The van der Waals surface area contributed by atoms with Crippen molar-refractivity contribution in [2.75, 3.05) is 17.7 Å². The van der Waals surface area contributed by atoms with Gasteiger partial charge in [-0.25, -0.2) is 4.79 Å². The number of aromatic nitrogens is 1. The zero-order valence-corrected chi connectivity index (χ0v) is 15.9. The Morgan fingerprint density at radius 1 is 0.929 bits per heavy atom. The molecule has 0 saturated carbocycles. The summed E-state index contributed by atoms with van der Waals surface area (Å²) in [6.07, 6.45) is 1.56. The molecule has 0 radical (unpaired) electrons. The van der Waals surface area contributed by atoms with Crippen LogP contribution in [0.4, 0.5) is 17.1 Å². The molecule has 2 N–H and O–H groups in total. The minimum absolute atomic E-state index is 0.231. The first-order chi connectivity index (χ1) is 13.5. The molecule has 0 bridgehead atoms. The fourth-order valence-corrected chi connectivity index (χ4v) is 2.91. The molecule has 0 aliphatic carbocycles. The number of esters is 1. The number of para-hydroxylation sites is 1. The summed E-state index contributed by atoms with van der Waals surface area (Å²) < 4.78 is 4.75. The van der Waals surface area contributed by atoms with Crippen molar-refractivity contribution in [2.45, 2.75) is 13.8 Å². The maximum atomic E-state index is 12.6. The van der Waals surface area contributed by atoms with E-state index in [1.165, 1.54) is 7.11 Å². The van der Waals surface area contributed by atoms with Gasteiger partial charge in [0.2, 0.25) is 0 Å². The van der Waals surface area contributed by atoms with E-state index in [9.17, 15) is 9.59 Å². The van der Waals surface area contributed by atoms with E-state index in [2.05, 4.69) is 21.7 Å². The first kappa shape index (κ1) is 19.1. The van der Waals surface area contributed by atoms with Crippen LogP contribution in [0.2, 0.25) is 0 Å². The molecule has 6 nitrogen and oxygen atoms in total.